The Balaban J connectivity index is 1.69. The highest BCUT2D eigenvalue weighted by molar-refractivity contribution is 7.14. The number of methoxy groups -OCH3 is 1. The number of ether oxygens (including phenoxy) is 1. The molecule has 0 saturated carbocycles. The molecule has 26 heavy (non-hydrogen) atoms. The van der Waals surface area contributed by atoms with Crippen molar-refractivity contribution in [3.05, 3.63) is 70.9 Å². The van der Waals surface area contributed by atoms with Crippen molar-refractivity contribution in [3.63, 3.8) is 0 Å². The third-order valence-electron chi connectivity index (χ3n) is 3.67. The second-order valence-electron chi connectivity index (χ2n) is 5.61. The number of nitrogens with zero attached hydrogens (tertiary/aromatic N) is 1. The molecule has 3 aromatic rings. The second-order valence-corrected chi connectivity index (χ2v) is 6.47. The van der Waals surface area contributed by atoms with Gasteiger partial charge in [-0.1, -0.05) is 11.6 Å². The fourth-order valence-corrected chi connectivity index (χ4v) is 3.10. The van der Waals surface area contributed by atoms with Gasteiger partial charge in [0.15, 0.2) is 5.13 Å². The number of halogens is 1. The number of aromatic nitrogens is 1. The zero-order valence-corrected chi connectivity index (χ0v) is 15.1. The van der Waals surface area contributed by atoms with Crippen LogP contribution in [0.3, 0.4) is 0 Å². The monoisotopic (exact) mass is 368 g/mol. The lowest BCUT2D eigenvalue weighted by molar-refractivity contribution is -0.111. The number of aryl methyl sites for hydroxylation is 1. The van der Waals surface area contributed by atoms with E-state index < -0.39 is 0 Å². The minimum Gasteiger partial charge on any atom is -0.496 e. The van der Waals surface area contributed by atoms with E-state index in [1.807, 2.05) is 30.5 Å². The largest absolute Gasteiger partial charge is 0.496 e. The molecule has 1 N–H and O–H groups in total. The van der Waals surface area contributed by atoms with Gasteiger partial charge in [-0.2, -0.15) is 0 Å². The van der Waals surface area contributed by atoms with Crippen LogP contribution in [0.25, 0.3) is 17.3 Å². The summed E-state index contributed by atoms with van der Waals surface area (Å²) in [6, 6.07) is 11.8. The van der Waals surface area contributed by atoms with E-state index in [0.29, 0.717) is 16.6 Å². The summed E-state index contributed by atoms with van der Waals surface area (Å²) in [5, 5.41) is 5.03. The lowest BCUT2D eigenvalue weighted by Crippen LogP contribution is -2.07. The van der Waals surface area contributed by atoms with Crippen molar-refractivity contribution in [2.75, 3.05) is 12.4 Å². The molecular formula is C20H17FN2O2S. The number of carbonyl (C=O) groups is 1. The Morgan fingerprint density at radius 3 is 2.73 bits per heavy atom. The van der Waals surface area contributed by atoms with Crippen molar-refractivity contribution in [2.24, 2.45) is 0 Å². The van der Waals surface area contributed by atoms with Crippen molar-refractivity contribution in [1.82, 2.24) is 4.98 Å². The number of amides is 1. The van der Waals surface area contributed by atoms with Crippen molar-refractivity contribution in [3.8, 4) is 17.0 Å². The molecule has 3 rings (SSSR count). The summed E-state index contributed by atoms with van der Waals surface area (Å²) < 4.78 is 18.3. The maximum atomic E-state index is 13.0. The van der Waals surface area contributed by atoms with Crippen LogP contribution in [0.15, 0.2) is 53.9 Å². The Morgan fingerprint density at radius 1 is 1.23 bits per heavy atom. The van der Waals surface area contributed by atoms with E-state index in [-0.39, 0.29) is 11.7 Å². The van der Waals surface area contributed by atoms with E-state index in [1.54, 1.807) is 25.3 Å². The Kier molecular flexibility index (Phi) is 5.43. The zero-order valence-electron chi connectivity index (χ0n) is 14.3. The summed E-state index contributed by atoms with van der Waals surface area (Å²) in [6.45, 7) is 1.98. The fourth-order valence-electron chi connectivity index (χ4n) is 2.38. The summed E-state index contributed by atoms with van der Waals surface area (Å²) in [4.78, 5) is 16.5. The highest BCUT2D eigenvalue weighted by Gasteiger charge is 2.07. The minimum absolute atomic E-state index is 0.284. The molecule has 1 heterocycles. The van der Waals surface area contributed by atoms with Gasteiger partial charge in [0.2, 0.25) is 5.91 Å². The number of hydrogen-bond donors (Lipinski definition) is 1. The first-order valence-corrected chi connectivity index (χ1v) is 8.78. The molecule has 0 bridgehead atoms. The second kappa shape index (κ2) is 7.93. The molecule has 4 nitrogen and oxygen atoms in total. The van der Waals surface area contributed by atoms with Gasteiger partial charge in [-0.25, -0.2) is 9.37 Å². The van der Waals surface area contributed by atoms with Crippen LogP contribution < -0.4 is 10.1 Å². The molecule has 0 atom stereocenters. The maximum Gasteiger partial charge on any atom is 0.250 e. The molecule has 0 spiro atoms. The predicted octanol–water partition coefficient (Wildman–Crippen LogP) is 4.92. The van der Waals surface area contributed by atoms with Gasteiger partial charge < -0.3 is 4.74 Å². The van der Waals surface area contributed by atoms with Crippen LogP contribution in [0.5, 0.6) is 5.75 Å². The molecular weight excluding hydrogens is 351 g/mol. The Bertz CT molecular complexity index is 949. The summed E-state index contributed by atoms with van der Waals surface area (Å²) in [5.41, 5.74) is 3.39. The quantitative estimate of drug-likeness (QED) is 0.651. The van der Waals surface area contributed by atoms with E-state index in [0.717, 1.165) is 16.7 Å². The molecule has 1 aromatic heterocycles. The first kappa shape index (κ1) is 17.8. The van der Waals surface area contributed by atoms with Gasteiger partial charge in [0.25, 0.3) is 0 Å². The van der Waals surface area contributed by atoms with Crippen LogP contribution in [-0.2, 0) is 4.79 Å². The molecule has 0 aliphatic heterocycles. The molecule has 1 amide bonds. The average molecular weight is 368 g/mol. The van der Waals surface area contributed by atoms with Gasteiger partial charge in [0.1, 0.15) is 11.6 Å². The van der Waals surface area contributed by atoms with Crippen molar-refractivity contribution >= 4 is 28.5 Å². The lowest BCUT2D eigenvalue weighted by atomic mass is 10.1. The highest BCUT2D eigenvalue weighted by Crippen LogP contribution is 2.25. The van der Waals surface area contributed by atoms with Gasteiger partial charge in [0, 0.05) is 22.6 Å². The van der Waals surface area contributed by atoms with Crippen LogP contribution in [-0.4, -0.2) is 18.0 Å². The SMILES string of the molecule is COc1ccc(C)cc1/C=C/C(=O)Nc1nc(-c2ccc(F)cc2)cs1. The van der Waals surface area contributed by atoms with Gasteiger partial charge >= 0.3 is 0 Å². The minimum atomic E-state index is -0.297. The fraction of sp³-hybridized carbons (Fsp3) is 0.100. The van der Waals surface area contributed by atoms with Crippen molar-refractivity contribution < 1.29 is 13.9 Å². The number of nitrogens with one attached hydrogen (secondary N) is 1. The van der Waals surface area contributed by atoms with Gasteiger partial charge in [-0.3, -0.25) is 10.1 Å². The number of benzene rings is 2. The zero-order chi connectivity index (χ0) is 18.5. The summed E-state index contributed by atoms with van der Waals surface area (Å²) >= 11 is 1.31. The number of anilines is 1. The van der Waals surface area contributed by atoms with Crippen LogP contribution in [0.4, 0.5) is 9.52 Å². The summed E-state index contributed by atoms with van der Waals surface area (Å²) in [7, 11) is 1.59. The number of carbonyl (C=O) groups excluding carboxylic acids is 1. The van der Waals surface area contributed by atoms with E-state index in [4.69, 9.17) is 4.74 Å². The van der Waals surface area contributed by atoms with Crippen LogP contribution in [0.2, 0.25) is 0 Å². The predicted molar refractivity (Wildman–Crippen MR) is 103 cm³/mol. The number of thiazole rings is 1. The highest BCUT2D eigenvalue weighted by atomic mass is 32.1. The number of rotatable bonds is 5. The van der Waals surface area contributed by atoms with E-state index >= 15 is 0 Å². The third kappa shape index (κ3) is 4.34. The third-order valence-corrected chi connectivity index (χ3v) is 4.43. The Labute approximate surface area is 155 Å². The Hall–Kier alpha value is -2.99. The van der Waals surface area contributed by atoms with Crippen molar-refractivity contribution in [1.29, 1.82) is 0 Å². The molecule has 0 aliphatic carbocycles. The molecule has 0 aliphatic rings. The Morgan fingerprint density at radius 2 is 2.00 bits per heavy atom. The smallest absolute Gasteiger partial charge is 0.250 e. The van der Waals surface area contributed by atoms with Crippen LogP contribution >= 0.6 is 11.3 Å². The van der Waals surface area contributed by atoms with Gasteiger partial charge in [-0.05, 0) is 49.4 Å². The summed E-state index contributed by atoms with van der Waals surface area (Å²) in [5.74, 6) is 0.121. The molecule has 0 fully saturated rings. The first-order chi connectivity index (χ1) is 12.5. The maximum absolute atomic E-state index is 13.0. The van der Waals surface area contributed by atoms with Gasteiger partial charge in [-0.15, -0.1) is 11.3 Å². The summed E-state index contributed by atoms with van der Waals surface area (Å²) in [6.07, 6.45) is 3.14. The van der Waals surface area contributed by atoms with E-state index in [1.165, 1.54) is 29.5 Å². The molecule has 132 valence electrons. The normalized spacial score (nSPS) is 10.9. The molecule has 0 radical (unpaired) electrons. The van der Waals surface area contributed by atoms with E-state index in [9.17, 15) is 9.18 Å². The van der Waals surface area contributed by atoms with Crippen molar-refractivity contribution in [2.45, 2.75) is 6.92 Å². The van der Waals surface area contributed by atoms with Crippen LogP contribution in [0, 0.1) is 12.7 Å². The standard InChI is InChI=1S/C20H17FN2O2S/c1-13-3-9-18(25-2)15(11-13)6-10-19(24)23-20-22-17(12-26-20)14-4-7-16(21)8-5-14/h3-12H,1-2H3,(H,22,23,24)/b10-6+. The molecule has 6 heteroatoms. The molecule has 0 saturated heterocycles. The topological polar surface area (TPSA) is 51.2 Å². The van der Waals surface area contributed by atoms with Crippen LogP contribution in [0.1, 0.15) is 11.1 Å². The molecule has 2 aromatic carbocycles. The lowest BCUT2D eigenvalue weighted by Gasteiger charge is -2.05. The average Bonchev–Trinajstić information content (AvgIpc) is 3.09. The molecule has 0 unspecified atom stereocenters. The first-order valence-electron chi connectivity index (χ1n) is 7.90. The number of hydrogen-bond acceptors (Lipinski definition) is 4. The van der Waals surface area contributed by atoms with E-state index in [2.05, 4.69) is 10.3 Å². The van der Waals surface area contributed by atoms with Gasteiger partial charge in [0.05, 0.1) is 12.8 Å².